The third kappa shape index (κ3) is 2.67. The SMILES string of the molecule is COCCN1C[C@H](OC)[Si](C)(C)[C@@H]1C(C)C. The van der Waals surface area contributed by atoms with Gasteiger partial charge >= 0.3 is 0 Å². The Hall–Kier alpha value is 0.0969. The van der Waals surface area contributed by atoms with Gasteiger partial charge in [0.15, 0.2) is 0 Å². The van der Waals surface area contributed by atoms with Gasteiger partial charge in [0.25, 0.3) is 0 Å². The van der Waals surface area contributed by atoms with Crippen LogP contribution in [0.2, 0.25) is 13.1 Å². The van der Waals surface area contributed by atoms with Crippen molar-refractivity contribution in [1.82, 2.24) is 4.90 Å². The quantitative estimate of drug-likeness (QED) is 0.689. The summed E-state index contributed by atoms with van der Waals surface area (Å²) in [6.07, 6.45) is 0. The Morgan fingerprint density at radius 3 is 2.38 bits per heavy atom. The van der Waals surface area contributed by atoms with Crippen LogP contribution in [0.5, 0.6) is 0 Å². The number of hydrogen-bond donors (Lipinski definition) is 0. The molecule has 0 N–H and O–H groups in total. The van der Waals surface area contributed by atoms with E-state index in [9.17, 15) is 0 Å². The van der Waals surface area contributed by atoms with Crippen molar-refractivity contribution >= 4 is 8.07 Å². The molecule has 0 aromatic heterocycles. The van der Waals surface area contributed by atoms with Gasteiger partial charge in [-0.05, 0) is 5.92 Å². The lowest BCUT2D eigenvalue weighted by Crippen LogP contribution is -2.53. The first-order valence-electron chi connectivity index (χ1n) is 6.21. The van der Waals surface area contributed by atoms with Crippen LogP contribution in [-0.2, 0) is 9.47 Å². The van der Waals surface area contributed by atoms with Gasteiger partial charge in [0.05, 0.1) is 12.3 Å². The minimum absolute atomic E-state index is 0.469. The maximum Gasteiger partial charge on any atom is 0.102 e. The molecule has 1 rings (SSSR count). The van der Waals surface area contributed by atoms with Crippen LogP contribution in [0.4, 0.5) is 0 Å². The lowest BCUT2D eigenvalue weighted by molar-refractivity contribution is 0.103. The van der Waals surface area contributed by atoms with Crippen molar-refractivity contribution in [2.45, 2.75) is 38.3 Å². The third-order valence-corrected chi connectivity index (χ3v) is 8.52. The van der Waals surface area contributed by atoms with Crippen LogP contribution in [0.25, 0.3) is 0 Å². The highest BCUT2D eigenvalue weighted by Crippen LogP contribution is 2.33. The molecule has 0 aromatic rings. The average molecular weight is 245 g/mol. The van der Waals surface area contributed by atoms with Crippen LogP contribution in [-0.4, -0.2) is 58.3 Å². The maximum atomic E-state index is 5.70. The zero-order valence-corrected chi connectivity index (χ0v) is 12.6. The molecular formula is C12H27NO2Si. The predicted octanol–water partition coefficient (Wildman–Crippen LogP) is 1.77. The summed E-state index contributed by atoms with van der Waals surface area (Å²) in [6.45, 7) is 12.5. The average Bonchev–Trinajstić information content (AvgIpc) is 2.45. The van der Waals surface area contributed by atoms with Gasteiger partial charge in [-0.1, -0.05) is 26.9 Å². The van der Waals surface area contributed by atoms with Crippen LogP contribution in [0.15, 0.2) is 0 Å². The predicted molar refractivity (Wildman–Crippen MR) is 70.4 cm³/mol. The molecule has 1 aliphatic rings. The van der Waals surface area contributed by atoms with Gasteiger partial charge in [-0.15, -0.1) is 0 Å². The van der Waals surface area contributed by atoms with E-state index in [1.165, 1.54) is 0 Å². The van der Waals surface area contributed by atoms with Gasteiger partial charge in [0.2, 0.25) is 0 Å². The summed E-state index contributed by atoms with van der Waals surface area (Å²) in [4.78, 5) is 2.58. The van der Waals surface area contributed by atoms with Crippen LogP contribution in [0, 0.1) is 5.92 Å². The second-order valence-electron chi connectivity index (χ2n) is 5.72. The standard InChI is InChI=1S/C12H27NO2Si/c1-10(2)12-13(7-8-14-3)9-11(15-4)16(12,5)6/h10-12H,7-9H2,1-6H3/t11-,12-/m1/s1. The molecule has 96 valence electrons. The molecule has 1 heterocycles. The highest BCUT2D eigenvalue weighted by atomic mass is 28.3. The molecule has 0 amide bonds. The number of rotatable bonds is 5. The van der Waals surface area contributed by atoms with Gasteiger partial charge in [0, 0.05) is 33.0 Å². The van der Waals surface area contributed by atoms with Gasteiger partial charge in [-0.25, -0.2) is 0 Å². The van der Waals surface area contributed by atoms with Crippen molar-refractivity contribution in [1.29, 1.82) is 0 Å². The topological polar surface area (TPSA) is 21.7 Å². The summed E-state index contributed by atoms with van der Waals surface area (Å²) in [5.74, 6) is 0.707. The first-order chi connectivity index (χ1) is 7.45. The fourth-order valence-electron chi connectivity index (χ4n) is 3.32. The van der Waals surface area contributed by atoms with Gasteiger partial charge < -0.3 is 9.47 Å². The number of ether oxygens (including phenoxy) is 2. The highest BCUT2D eigenvalue weighted by molar-refractivity contribution is 6.80. The van der Waals surface area contributed by atoms with Crippen molar-refractivity contribution < 1.29 is 9.47 Å². The second kappa shape index (κ2) is 5.62. The third-order valence-electron chi connectivity index (χ3n) is 3.88. The Balaban J connectivity index is 2.77. The first-order valence-corrected chi connectivity index (χ1v) is 9.36. The lowest BCUT2D eigenvalue weighted by Gasteiger charge is -2.35. The number of hydrogen-bond acceptors (Lipinski definition) is 3. The molecule has 1 saturated heterocycles. The maximum absolute atomic E-state index is 5.70. The molecule has 0 unspecified atom stereocenters. The van der Waals surface area contributed by atoms with Gasteiger partial charge in [-0.2, -0.15) is 0 Å². The van der Waals surface area contributed by atoms with Crippen LogP contribution in [0.1, 0.15) is 13.8 Å². The van der Waals surface area contributed by atoms with E-state index in [2.05, 4.69) is 31.8 Å². The van der Waals surface area contributed by atoms with Crippen molar-refractivity contribution in [3.8, 4) is 0 Å². The molecule has 4 heteroatoms. The van der Waals surface area contributed by atoms with Crippen LogP contribution in [0.3, 0.4) is 0 Å². The summed E-state index contributed by atoms with van der Waals surface area (Å²) in [5, 5.41) is 0. The molecule has 0 aromatic carbocycles. The molecular weight excluding hydrogens is 218 g/mol. The molecule has 0 saturated carbocycles. The molecule has 1 fully saturated rings. The summed E-state index contributed by atoms with van der Waals surface area (Å²) in [7, 11) is 2.31. The van der Waals surface area contributed by atoms with Crippen LogP contribution < -0.4 is 0 Å². The molecule has 0 aliphatic carbocycles. The zero-order chi connectivity index (χ0) is 12.3. The van der Waals surface area contributed by atoms with Crippen molar-refractivity contribution in [3.63, 3.8) is 0 Å². The van der Waals surface area contributed by atoms with Crippen LogP contribution >= 0.6 is 0 Å². The molecule has 1 aliphatic heterocycles. The molecule has 16 heavy (non-hydrogen) atoms. The normalized spacial score (nSPS) is 30.2. The molecule has 2 atom stereocenters. The number of nitrogens with zero attached hydrogens (tertiary/aromatic N) is 1. The number of methoxy groups -OCH3 is 2. The largest absolute Gasteiger partial charge is 0.383 e. The van der Waals surface area contributed by atoms with Crippen molar-refractivity contribution in [2.24, 2.45) is 5.92 Å². The van der Waals surface area contributed by atoms with E-state index in [0.29, 0.717) is 17.3 Å². The Labute approximate surface area is 101 Å². The van der Waals surface area contributed by atoms with Gasteiger partial charge in [-0.3, -0.25) is 4.90 Å². The monoisotopic (exact) mass is 245 g/mol. The summed E-state index contributed by atoms with van der Waals surface area (Å²) < 4.78 is 10.9. The fourth-order valence-corrected chi connectivity index (χ4v) is 7.91. The van der Waals surface area contributed by atoms with Crippen molar-refractivity contribution in [3.05, 3.63) is 0 Å². The van der Waals surface area contributed by atoms with E-state index in [1.54, 1.807) is 7.11 Å². The summed E-state index contributed by atoms with van der Waals surface area (Å²) in [5.41, 5.74) is 1.18. The molecule has 0 bridgehead atoms. The van der Waals surface area contributed by atoms with E-state index in [0.717, 1.165) is 19.7 Å². The smallest absolute Gasteiger partial charge is 0.102 e. The van der Waals surface area contributed by atoms with Gasteiger partial charge in [0.1, 0.15) is 8.07 Å². The fraction of sp³-hybridized carbons (Fsp3) is 1.00. The second-order valence-corrected chi connectivity index (χ2v) is 10.6. The summed E-state index contributed by atoms with van der Waals surface area (Å²) in [6, 6.07) is 0. The Kier molecular flexibility index (Phi) is 4.98. The summed E-state index contributed by atoms with van der Waals surface area (Å²) >= 11 is 0. The lowest BCUT2D eigenvalue weighted by atomic mass is 10.2. The van der Waals surface area contributed by atoms with Crippen molar-refractivity contribution in [2.75, 3.05) is 33.9 Å². The Morgan fingerprint density at radius 2 is 1.94 bits per heavy atom. The molecule has 0 spiro atoms. The van der Waals surface area contributed by atoms with E-state index in [1.807, 2.05) is 7.11 Å². The minimum atomic E-state index is -1.33. The first kappa shape index (κ1) is 14.2. The minimum Gasteiger partial charge on any atom is -0.383 e. The highest BCUT2D eigenvalue weighted by Gasteiger charge is 2.50. The van der Waals surface area contributed by atoms with E-state index < -0.39 is 8.07 Å². The Morgan fingerprint density at radius 1 is 1.31 bits per heavy atom. The Bertz CT molecular complexity index is 221. The van der Waals surface area contributed by atoms with E-state index in [4.69, 9.17) is 9.47 Å². The molecule has 3 nitrogen and oxygen atoms in total. The zero-order valence-electron chi connectivity index (χ0n) is 11.6. The molecule has 0 radical (unpaired) electrons. The van der Waals surface area contributed by atoms with E-state index in [-0.39, 0.29) is 0 Å². The van der Waals surface area contributed by atoms with E-state index >= 15 is 0 Å².